The number of thiazole rings is 1. The van der Waals surface area contributed by atoms with Crippen LogP contribution in [0.15, 0.2) is 35.7 Å². The molecule has 4 heteroatoms. The Hall–Kier alpha value is -1.23. The second kappa shape index (κ2) is 8.15. The maximum absolute atomic E-state index is 5.72. The van der Waals surface area contributed by atoms with Crippen LogP contribution in [0.5, 0.6) is 0 Å². The Bertz CT molecular complexity index is 495. The minimum absolute atomic E-state index is 0.694. The van der Waals surface area contributed by atoms with Crippen LogP contribution in [-0.4, -0.2) is 29.5 Å². The standard InChI is InChI=1S/C16H23N3S/c1-2-16-18-15(13-20-16)12-19(11-9-17)10-8-14-6-4-3-5-7-14/h3-7,13H,2,8-12,17H2,1H3. The molecule has 1 aromatic heterocycles. The fraction of sp³-hybridized carbons (Fsp3) is 0.438. The zero-order chi connectivity index (χ0) is 14.2. The van der Waals surface area contributed by atoms with Gasteiger partial charge in [0.15, 0.2) is 0 Å². The van der Waals surface area contributed by atoms with Gasteiger partial charge in [0.05, 0.1) is 10.7 Å². The molecular weight excluding hydrogens is 266 g/mol. The lowest BCUT2D eigenvalue weighted by Gasteiger charge is -2.20. The Morgan fingerprint density at radius 2 is 2.00 bits per heavy atom. The van der Waals surface area contributed by atoms with E-state index in [1.165, 1.54) is 16.3 Å². The quantitative estimate of drug-likeness (QED) is 0.812. The van der Waals surface area contributed by atoms with E-state index >= 15 is 0 Å². The number of nitrogens with two attached hydrogens (primary N) is 1. The molecule has 108 valence electrons. The third kappa shape index (κ3) is 4.71. The Kier molecular flexibility index (Phi) is 6.18. The molecule has 3 nitrogen and oxygen atoms in total. The summed E-state index contributed by atoms with van der Waals surface area (Å²) in [6, 6.07) is 10.6. The predicted molar refractivity (Wildman–Crippen MR) is 86.0 cm³/mol. The monoisotopic (exact) mass is 289 g/mol. The molecule has 1 aromatic carbocycles. The van der Waals surface area contributed by atoms with Crippen molar-refractivity contribution in [1.29, 1.82) is 0 Å². The highest BCUT2D eigenvalue weighted by Crippen LogP contribution is 2.12. The van der Waals surface area contributed by atoms with Gasteiger partial charge < -0.3 is 5.73 Å². The van der Waals surface area contributed by atoms with E-state index in [4.69, 9.17) is 5.73 Å². The molecule has 0 aliphatic heterocycles. The summed E-state index contributed by atoms with van der Waals surface area (Å²) in [7, 11) is 0. The van der Waals surface area contributed by atoms with Gasteiger partial charge in [-0.25, -0.2) is 4.98 Å². The number of aromatic nitrogens is 1. The van der Waals surface area contributed by atoms with Crippen molar-refractivity contribution in [2.75, 3.05) is 19.6 Å². The first kappa shape index (κ1) is 15.2. The molecule has 0 aliphatic carbocycles. The van der Waals surface area contributed by atoms with Crippen LogP contribution in [0.3, 0.4) is 0 Å². The molecule has 0 aliphatic rings. The van der Waals surface area contributed by atoms with E-state index in [9.17, 15) is 0 Å². The summed E-state index contributed by atoms with van der Waals surface area (Å²) in [6.45, 7) is 5.70. The zero-order valence-corrected chi connectivity index (χ0v) is 12.9. The summed E-state index contributed by atoms with van der Waals surface area (Å²) in [6.07, 6.45) is 2.08. The summed E-state index contributed by atoms with van der Waals surface area (Å²) in [5.41, 5.74) is 8.28. The van der Waals surface area contributed by atoms with E-state index in [-0.39, 0.29) is 0 Å². The van der Waals surface area contributed by atoms with E-state index in [0.29, 0.717) is 6.54 Å². The summed E-state index contributed by atoms with van der Waals surface area (Å²) in [5.74, 6) is 0. The summed E-state index contributed by atoms with van der Waals surface area (Å²) in [5, 5.41) is 3.39. The Morgan fingerprint density at radius 1 is 1.20 bits per heavy atom. The molecule has 2 N–H and O–H groups in total. The van der Waals surface area contributed by atoms with Crippen molar-refractivity contribution in [3.63, 3.8) is 0 Å². The predicted octanol–water partition coefficient (Wildman–Crippen LogP) is 2.71. The number of hydrogen-bond donors (Lipinski definition) is 1. The van der Waals surface area contributed by atoms with Gasteiger partial charge in [0.1, 0.15) is 0 Å². The molecule has 0 unspecified atom stereocenters. The Morgan fingerprint density at radius 3 is 2.65 bits per heavy atom. The molecule has 20 heavy (non-hydrogen) atoms. The van der Waals surface area contributed by atoms with Crippen molar-refractivity contribution < 1.29 is 0 Å². The molecule has 0 saturated carbocycles. The van der Waals surface area contributed by atoms with E-state index < -0.39 is 0 Å². The molecule has 1 heterocycles. The van der Waals surface area contributed by atoms with Gasteiger partial charge in [-0.2, -0.15) is 0 Å². The first-order valence-electron chi connectivity index (χ1n) is 7.21. The first-order valence-corrected chi connectivity index (χ1v) is 8.09. The highest BCUT2D eigenvalue weighted by molar-refractivity contribution is 7.09. The smallest absolute Gasteiger partial charge is 0.0926 e. The van der Waals surface area contributed by atoms with Crippen LogP contribution in [0.1, 0.15) is 23.2 Å². The summed E-state index contributed by atoms with van der Waals surface area (Å²) < 4.78 is 0. The summed E-state index contributed by atoms with van der Waals surface area (Å²) in [4.78, 5) is 7.03. The average Bonchev–Trinajstić information content (AvgIpc) is 2.94. The third-order valence-electron chi connectivity index (χ3n) is 3.29. The van der Waals surface area contributed by atoms with Crippen molar-refractivity contribution in [2.45, 2.75) is 26.3 Å². The molecule has 0 amide bonds. The second-order valence-electron chi connectivity index (χ2n) is 4.89. The van der Waals surface area contributed by atoms with Crippen LogP contribution in [-0.2, 0) is 19.4 Å². The normalized spacial score (nSPS) is 11.2. The maximum Gasteiger partial charge on any atom is 0.0926 e. The highest BCUT2D eigenvalue weighted by atomic mass is 32.1. The minimum Gasteiger partial charge on any atom is -0.329 e. The highest BCUT2D eigenvalue weighted by Gasteiger charge is 2.08. The molecular formula is C16H23N3S. The molecule has 0 spiro atoms. The van der Waals surface area contributed by atoms with Gasteiger partial charge in [-0.05, 0) is 18.4 Å². The SMILES string of the molecule is CCc1nc(CN(CCN)CCc2ccccc2)cs1. The first-order chi connectivity index (χ1) is 9.81. The van der Waals surface area contributed by atoms with Crippen LogP contribution in [0.25, 0.3) is 0 Å². The van der Waals surface area contributed by atoms with Crippen molar-refractivity contribution in [1.82, 2.24) is 9.88 Å². The average molecular weight is 289 g/mol. The van der Waals surface area contributed by atoms with Gasteiger partial charge in [-0.3, -0.25) is 4.90 Å². The fourth-order valence-electron chi connectivity index (χ4n) is 2.20. The number of rotatable bonds is 8. The Balaban J connectivity index is 1.89. The van der Waals surface area contributed by atoms with Gasteiger partial charge in [0, 0.05) is 31.6 Å². The Labute approximate surface area is 125 Å². The van der Waals surface area contributed by atoms with Crippen LogP contribution in [0.2, 0.25) is 0 Å². The van der Waals surface area contributed by atoms with Gasteiger partial charge in [-0.15, -0.1) is 11.3 Å². The molecule has 0 radical (unpaired) electrons. The molecule has 2 rings (SSSR count). The minimum atomic E-state index is 0.694. The number of aryl methyl sites for hydroxylation is 1. The van der Waals surface area contributed by atoms with Gasteiger partial charge in [0.2, 0.25) is 0 Å². The lowest BCUT2D eigenvalue weighted by molar-refractivity contribution is 0.273. The summed E-state index contributed by atoms with van der Waals surface area (Å²) >= 11 is 1.76. The maximum atomic E-state index is 5.72. The van der Waals surface area contributed by atoms with Crippen LogP contribution < -0.4 is 5.73 Å². The van der Waals surface area contributed by atoms with E-state index in [2.05, 4.69) is 52.5 Å². The van der Waals surface area contributed by atoms with E-state index in [1.807, 2.05) is 0 Å². The van der Waals surface area contributed by atoms with Gasteiger partial charge in [0.25, 0.3) is 0 Å². The number of nitrogens with zero attached hydrogens (tertiary/aromatic N) is 2. The fourth-order valence-corrected chi connectivity index (χ4v) is 2.93. The van der Waals surface area contributed by atoms with Crippen LogP contribution in [0, 0.1) is 0 Å². The lowest BCUT2D eigenvalue weighted by Crippen LogP contribution is -2.31. The van der Waals surface area contributed by atoms with E-state index in [1.54, 1.807) is 11.3 Å². The number of hydrogen-bond acceptors (Lipinski definition) is 4. The van der Waals surface area contributed by atoms with E-state index in [0.717, 1.165) is 32.5 Å². The topological polar surface area (TPSA) is 42.2 Å². The number of benzene rings is 1. The molecule has 0 atom stereocenters. The largest absolute Gasteiger partial charge is 0.329 e. The van der Waals surface area contributed by atoms with Crippen molar-refractivity contribution in [2.24, 2.45) is 5.73 Å². The second-order valence-corrected chi connectivity index (χ2v) is 5.83. The van der Waals surface area contributed by atoms with Crippen molar-refractivity contribution in [3.05, 3.63) is 52.0 Å². The molecule has 0 bridgehead atoms. The molecule has 2 aromatic rings. The van der Waals surface area contributed by atoms with Crippen molar-refractivity contribution >= 4 is 11.3 Å². The molecule has 0 fully saturated rings. The third-order valence-corrected chi connectivity index (χ3v) is 4.33. The van der Waals surface area contributed by atoms with Crippen molar-refractivity contribution in [3.8, 4) is 0 Å². The van der Waals surface area contributed by atoms with Gasteiger partial charge in [-0.1, -0.05) is 37.3 Å². The lowest BCUT2D eigenvalue weighted by atomic mass is 10.1. The molecule has 0 saturated heterocycles. The van der Waals surface area contributed by atoms with Crippen LogP contribution in [0.4, 0.5) is 0 Å². The zero-order valence-electron chi connectivity index (χ0n) is 12.1. The van der Waals surface area contributed by atoms with Gasteiger partial charge >= 0.3 is 0 Å². The van der Waals surface area contributed by atoms with Crippen LogP contribution >= 0.6 is 11.3 Å².